The molecule has 12 heteroatoms. The monoisotopic (exact) mass is 517 g/mol. The van der Waals surface area contributed by atoms with Gasteiger partial charge in [-0.05, 0) is 47.7 Å². The van der Waals surface area contributed by atoms with Crippen molar-refractivity contribution in [3.63, 3.8) is 0 Å². The van der Waals surface area contributed by atoms with E-state index in [-0.39, 0.29) is 22.7 Å². The highest BCUT2D eigenvalue weighted by atomic mass is 35.5. The summed E-state index contributed by atoms with van der Waals surface area (Å²) >= 11 is 5.82. The zero-order valence-electron chi connectivity index (χ0n) is 18.2. The molecular weight excluding hydrogens is 502 g/mol. The Morgan fingerprint density at radius 2 is 1.97 bits per heavy atom. The van der Waals surface area contributed by atoms with Crippen molar-refractivity contribution < 1.29 is 27.5 Å². The predicted molar refractivity (Wildman–Crippen MR) is 123 cm³/mol. The first kappa shape index (κ1) is 23.7. The Balaban J connectivity index is 1.56. The Kier molecular flexibility index (Phi) is 5.87. The van der Waals surface area contributed by atoms with E-state index in [4.69, 9.17) is 11.6 Å². The van der Waals surface area contributed by atoms with E-state index in [1.165, 1.54) is 18.3 Å². The largest absolute Gasteiger partial charge is 0.481 e. The van der Waals surface area contributed by atoms with E-state index in [2.05, 4.69) is 20.4 Å². The minimum atomic E-state index is -4.65. The first-order valence-electron chi connectivity index (χ1n) is 10.7. The van der Waals surface area contributed by atoms with E-state index in [0.717, 1.165) is 28.6 Å². The fraction of sp³-hybridized carbons (Fsp3) is 0.167. The molecule has 1 unspecified atom stereocenters. The van der Waals surface area contributed by atoms with Gasteiger partial charge in [0.1, 0.15) is 5.82 Å². The number of alkyl halides is 3. The van der Waals surface area contributed by atoms with Crippen LogP contribution in [0.25, 0.3) is 16.9 Å². The molecule has 36 heavy (non-hydrogen) atoms. The number of carbonyl (C=O) groups is 1. The van der Waals surface area contributed by atoms with Gasteiger partial charge in [-0.2, -0.15) is 23.3 Å². The lowest BCUT2D eigenvalue weighted by atomic mass is 10.0. The highest BCUT2D eigenvalue weighted by Crippen LogP contribution is 2.48. The number of aromatic nitrogens is 4. The summed E-state index contributed by atoms with van der Waals surface area (Å²) < 4.78 is 54.1. The summed E-state index contributed by atoms with van der Waals surface area (Å²) in [6, 6.07) is 11.8. The van der Waals surface area contributed by atoms with Gasteiger partial charge in [-0.1, -0.05) is 35.9 Å². The molecule has 2 heterocycles. The number of halogens is 5. The van der Waals surface area contributed by atoms with Gasteiger partial charge in [0.25, 0.3) is 0 Å². The van der Waals surface area contributed by atoms with Gasteiger partial charge in [-0.15, -0.1) is 0 Å². The summed E-state index contributed by atoms with van der Waals surface area (Å²) in [6.07, 6.45) is -1.58. The maximum atomic E-state index is 13.5. The molecule has 0 amide bonds. The molecular formula is C24H16ClF4N5O2. The third kappa shape index (κ3) is 4.74. The highest BCUT2D eigenvalue weighted by molar-refractivity contribution is 6.31. The van der Waals surface area contributed by atoms with E-state index >= 15 is 0 Å². The summed E-state index contributed by atoms with van der Waals surface area (Å²) in [5.74, 6) is -2.02. The number of hydrogen-bond acceptors (Lipinski definition) is 5. The van der Waals surface area contributed by atoms with E-state index in [1.54, 1.807) is 18.2 Å². The number of hydrogen-bond donors (Lipinski definition) is 2. The van der Waals surface area contributed by atoms with Crippen LogP contribution in [-0.2, 0) is 11.0 Å². The molecule has 2 aromatic heterocycles. The van der Waals surface area contributed by atoms with Crippen LogP contribution < -0.4 is 5.32 Å². The summed E-state index contributed by atoms with van der Waals surface area (Å²) in [5, 5.41) is 15.6. The first-order valence-corrected chi connectivity index (χ1v) is 11.0. The summed E-state index contributed by atoms with van der Waals surface area (Å²) in [4.78, 5) is 19.9. The molecule has 1 aliphatic rings. The van der Waals surface area contributed by atoms with Crippen LogP contribution in [0.2, 0.25) is 5.02 Å². The molecule has 7 nitrogen and oxygen atoms in total. The summed E-state index contributed by atoms with van der Waals surface area (Å²) in [7, 11) is 0. The normalized spacial score (nSPS) is 17.1. The Hall–Kier alpha value is -3.99. The Morgan fingerprint density at radius 3 is 2.64 bits per heavy atom. The van der Waals surface area contributed by atoms with Crippen molar-refractivity contribution in [1.29, 1.82) is 0 Å². The number of anilines is 2. The average Bonchev–Trinajstić information content (AvgIpc) is 3.49. The smallest absolute Gasteiger partial charge is 0.435 e. The Morgan fingerprint density at radius 1 is 1.17 bits per heavy atom. The number of aliphatic carboxylic acids is 1. The molecule has 0 spiro atoms. The molecule has 0 saturated heterocycles. The number of carboxylic acids is 1. The number of benzene rings is 2. The van der Waals surface area contributed by atoms with Crippen LogP contribution in [0.5, 0.6) is 0 Å². The van der Waals surface area contributed by atoms with Crippen molar-refractivity contribution in [3.05, 3.63) is 83.0 Å². The van der Waals surface area contributed by atoms with Gasteiger partial charge >= 0.3 is 12.1 Å². The van der Waals surface area contributed by atoms with Crippen LogP contribution in [0.15, 0.2) is 60.9 Å². The van der Waals surface area contributed by atoms with Crippen LogP contribution in [-0.4, -0.2) is 30.8 Å². The maximum Gasteiger partial charge on any atom is 0.435 e. The SMILES string of the molecule is O=C(O)[C@@H]1CC1c1cccc(-c2cnc(Nc3ccc(F)c(Cl)c3)nc2-n2ccc(C(F)(F)F)n2)c1. The fourth-order valence-electron chi connectivity index (χ4n) is 3.88. The van der Waals surface area contributed by atoms with Crippen LogP contribution in [0.3, 0.4) is 0 Å². The lowest BCUT2D eigenvalue weighted by Crippen LogP contribution is -2.10. The molecule has 1 fully saturated rings. The van der Waals surface area contributed by atoms with E-state index in [0.29, 0.717) is 23.2 Å². The lowest BCUT2D eigenvalue weighted by Gasteiger charge is -2.13. The summed E-state index contributed by atoms with van der Waals surface area (Å²) in [5.41, 5.74) is 1.03. The predicted octanol–water partition coefficient (Wildman–Crippen LogP) is 6.07. The molecule has 0 aliphatic heterocycles. The maximum absolute atomic E-state index is 13.5. The second kappa shape index (κ2) is 8.90. The molecule has 184 valence electrons. The van der Waals surface area contributed by atoms with E-state index < -0.39 is 29.6 Å². The third-order valence-electron chi connectivity index (χ3n) is 5.77. The van der Waals surface area contributed by atoms with Crippen LogP contribution >= 0.6 is 11.6 Å². The highest BCUT2D eigenvalue weighted by Gasteiger charge is 2.44. The zero-order valence-corrected chi connectivity index (χ0v) is 18.9. The van der Waals surface area contributed by atoms with Crippen molar-refractivity contribution in [2.45, 2.75) is 18.5 Å². The lowest BCUT2D eigenvalue weighted by molar-refractivity contribution is -0.141. The third-order valence-corrected chi connectivity index (χ3v) is 6.06. The van der Waals surface area contributed by atoms with E-state index in [9.17, 15) is 27.5 Å². The van der Waals surface area contributed by atoms with Crippen molar-refractivity contribution in [2.24, 2.45) is 5.92 Å². The van der Waals surface area contributed by atoms with Gasteiger partial charge in [-0.25, -0.2) is 14.1 Å². The van der Waals surface area contributed by atoms with Gasteiger partial charge in [0.05, 0.1) is 10.9 Å². The topological polar surface area (TPSA) is 92.9 Å². The molecule has 2 atom stereocenters. The number of nitrogens with zero attached hydrogens (tertiary/aromatic N) is 4. The molecule has 0 radical (unpaired) electrons. The molecule has 0 bridgehead atoms. The molecule has 1 saturated carbocycles. The standard InChI is InChI=1S/C24H16ClF4N5O2/c25-18-9-14(4-5-19(18)26)31-23-30-11-17(21(32-23)34-7-6-20(33-34)24(27,28)29)13-3-1-2-12(8-13)15-10-16(15)22(35)36/h1-9,11,15-16H,10H2,(H,35,36)(H,30,31,32)/t15?,16-/m1/s1. The van der Waals surface area contributed by atoms with Crippen LogP contribution in [0, 0.1) is 11.7 Å². The van der Waals surface area contributed by atoms with Gasteiger partial charge in [0.15, 0.2) is 11.5 Å². The molecule has 1 aliphatic carbocycles. The fourth-order valence-corrected chi connectivity index (χ4v) is 4.06. The van der Waals surface area contributed by atoms with E-state index in [1.807, 2.05) is 6.07 Å². The minimum absolute atomic E-state index is 0.0183. The van der Waals surface area contributed by atoms with Crippen molar-refractivity contribution in [1.82, 2.24) is 19.7 Å². The molecule has 5 rings (SSSR count). The molecule has 4 aromatic rings. The average molecular weight is 518 g/mol. The second-order valence-electron chi connectivity index (χ2n) is 8.24. The first-order chi connectivity index (χ1) is 17.1. The number of rotatable bonds is 6. The Labute approximate surface area is 206 Å². The molecule has 2 aromatic carbocycles. The van der Waals surface area contributed by atoms with Crippen LogP contribution in [0.1, 0.15) is 23.6 Å². The van der Waals surface area contributed by atoms with Gasteiger partial charge in [0, 0.05) is 23.6 Å². The van der Waals surface area contributed by atoms with Gasteiger partial charge in [0.2, 0.25) is 5.95 Å². The Bertz CT molecular complexity index is 1470. The van der Waals surface area contributed by atoms with Crippen molar-refractivity contribution in [3.8, 4) is 16.9 Å². The van der Waals surface area contributed by atoms with Gasteiger partial charge in [-0.3, -0.25) is 4.79 Å². The number of nitrogens with one attached hydrogen (secondary N) is 1. The summed E-state index contributed by atoms with van der Waals surface area (Å²) in [6.45, 7) is 0. The number of carboxylic acid groups (broad SMARTS) is 1. The van der Waals surface area contributed by atoms with Crippen molar-refractivity contribution >= 4 is 29.2 Å². The molecule has 2 N–H and O–H groups in total. The van der Waals surface area contributed by atoms with Crippen molar-refractivity contribution in [2.75, 3.05) is 5.32 Å². The van der Waals surface area contributed by atoms with Crippen LogP contribution in [0.4, 0.5) is 29.2 Å². The van der Waals surface area contributed by atoms with Gasteiger partial charge < -0.3 is 10.4 Å². The quantitative estimate of drug-likeness (QED) is 0.301. The second-order valence-corrected chi connectivity index (χ2v) is 8.65. The zero-order chi connectivity index (χ0) is 25.6. The minimum Gasteiger partial charge on any atom is -0.481 e.